The van der Waals surface area contributed by atoms with E-state index in [9.17, 15) is 13.2 Å². The number of aromatic nitrogens is 1. The molecule has 3 heterocycles. The van der Waals surface area contributed by atoms with Crippen molar-refractivity contribution >= 4 is 15.9 Å². The first-order valence-corrected chi connectivity index (χ1v) is 9.56. The van der Waals surface area contributed by atoms with Crippen molar-refractivity contribution in [1.29, 1.82) is 0 Å². The van der Waals surface area contributed by atoms with Crippen LogP contribution in [0.4, 0.5) is 0 Å². The molecule has 1 aliphatic rings. The van der Waals surface area contributed by atoms with E-state index in [4.69, 9.17) is 8.94 Å². The molecule has 1 fully saturated rings. The van der Waals surface area contributed by atoms with Crippen molar-refractivity contribution in [2.75, 3.05) is 13.1 Å². The lowest BCUT2D eigenvalue weighted by molar-refractivity contribution is -0.126. The highest BCUT2D eigenvalue weighted by atomic mass is 32.2. The second-order valence-electron chi connectivity index (χ2n) is 6.13. The number of sulfonamides is 1. The molecule has 2 aromatic heterocycles. The number of furan rings is 1. The molecule has 1 amide bonds. The van der Waals surface area contributed by atoms with Gasteiger partial charge in [-0.05, 0) is 38.8 Å². The molecule has 9 heteroatoms. The molecule has 0 aromatic carbocycles. The van der Waals surface area contributed by atoms with Crippen LogP contribution in [0.15, 0.2) is 32.2 Å². The first-order valence-electron chi connectivity index (χ1n) is 8.12. The SMILES string of the molecule is Cc1noc(C)c1S(=O)(=O)N1CCC(C(=O)NCc2ccco2)CC1. The van der Waals surface area contributed by atoms with Gasteiger partial charge in [0.2, 0.25) is 15.9 Å². The molecule has 1 N–H and O–H groups in total. The number of amides is 1. The maximum atomic E-state index is 12.8. The number of carbonyl (C=O) groups is 1. The Labute approximate surface area is 146 Å². The van der Waals surface area contributed by atoms with Gasteiger partial charge in [0.1, 0.15) is 16.3 Å². The molecule has 0 saturated carbocycles. The Morgan fingerprint density at radius 3 is 2.64 bits per heavy atom. The fourth-order valence-corrected chi connectivity index (χ4v) is 4.82. The van der Waals surface area contributed by atoms with Crippen molar-refractivity contribution < 1.29 is 22.2 Å². The first kappa shape index (κ1) is 17.7. The Morgan fingerprint density at radius 1 is 1.36 bits per heavy atom. The van der Waals surface area contributed by atoms with Gasteiger partial charge in [0, 0.05) is 19.0 Å². The largest absolute Gasteiger partial charge is 0.467 e. The zero-order valence-corrected chi connectivity index (χ0v) is 15.0. The average Bonchev–Trinajstić information content (AvgIpc) is 3.22. The summed E-state index contributed by atoms with van der Waals surface area (Å²) in [5.41, 5.74) is 0.357. The number of rotatable bonds is 5. The van der Waals surface area contributed by atoms with Gasteiger partial charge in [0.05, 0.1) is 12.8 Å². The van der Waals surface area contributed by atoms with Crippen LogP contribution in [0.25, 0.3) is 0 Å². The molecular weight excluding hydrogens is 346 g/mol. The summed E-state index contributed by atoms with van der Waals surface area (Å²) in [7, 11) is -3.65. The van der Waals surface area contributed by atoms with Gasteiger partial charge in [-0.3, -0.25) is 4.79 Å². The summed E-state index contributed by atoms with van der Waals surface area (Å²) in [6.07, 6.45) is 2.51. The highest BCUT2D eigenvalue weighted by molar-refractivity contribution is 7.89. The van der Waals surface area contributed by atoms with Crippen LogP contribution in [-0.4, -0.2) is 36.9 Å². The van der Waals surface area contributed by atoms with Crippen molar-refractivity contribution in [3.05, 3.63) is 35.6 Å². The van der Waals surface area contributed by atoms with E-state index in [0.29, 0.717) is 43.9 Å². The third-order valence-electron chi connectivity index (χ3n) is 4.41. The summed E-state index contributed by atoms with van der Waals surface area (Å²) in [6, 6.07) is 3.55. The standard InChI is InChI=1S/C16H21N3O5S/c1-11-15(12(2)24-18-11)25(21,22)19-7-5-13(6-8-19)16(20)17-10-14-4-3-9-23-14/h3-4,9,13H,5-8,10H2,1-2H3,(H,17,20). The van der Waals surface area contributed by atoms with Crippen LogP contribution in [0.5, 0.6) is 0 Å². The molecule has 136 valence electrons. The molecule has 3 rings (SSSR count). The molecule has 1 aliphatic heterocycles. The van der Waals surface area contributed by atoms with Crippen LogP contribution < -0.4 is 5.32 Å². The maximum absolute atomic E-state index is 12.8. The van der Waals surface area contributed by atoms with Gasteiger partial charge in [0.15, 0.2) is 5.76 Å². The van der Waals surface area contributed by atoms with Gasteiger partial charge < -0.3 is 14.3 Å². The third-order valence-corrected chi connectivity index (χ3v) is 6.55. The molecule has 0 bridgehead atoms. The van der Waals surface area contributed by atoms with Gasteiger partial charge >= 0.3 is 0 Å². The van der Waals surface area contributed by atoms with E-state index in [0.717, 1.165) is 0 Å². The van der Waals surface area contributed by atoms with Gasteiger partial charge in [-0.15, -0.1) is 0 Å². The number of nitrogens with one attached hydrogen (secondary N) is 1. The van der Waals surface area contributed by atoms with E-state index < -0.39 is 10.0 Å². The Balaban J connectivity index is 1.59. The van der Waals surface area contributed by atoms with Crippen LogP contribution >= 0.6 is 0 Å². The highest BCUT2D eigenvalue weighted by Gasteiger charge is 2.35. The van der Waals surface area contributed by atoms with Crippen LogP contribution in [0, 0.1) is 19.8 Å². The molecule has 8 nitrogen and oxygen atoms in total. The minimum Gasteiger partial charge on any atom is -0.467 e. The van der Waals surface area contributed by atoms with E-state index in [-0.39, 0.29) is 22.5 Å². The second-order valence-corrected chi connectivity index (χ2v) is 8.00. The van der Waals surface area contributed by atoms with Crippen molar-refractivity contribution in [3.63, 3.8) is 0 Å². The minimum atomic E-state index is -3.65. The van der Waals surface area contributed by atoms with Gasteiger partial charge in [-0.2, -0.15) is 4.31 Å². The highest BCUT2D eigenvalue weighted by Crippen LogP contribution is 2.27. The number of carbonyl (C=O) groups excluding carboxylic acids is 1. The van der Waals surface area contributed by atoms with Crippen LogP contribution in [0.2, 0.25) is 0 Å². The van der Waals surface area contributed by atoms with Crippen molar-refractivity contribution in [2.45, 2.75) is 38.1 Å². The Kier molecular flexibility index (Phi) is 4.96. The van der Waals surface area contributed by atoms with Crippen molar-refractivity contribution in [3.8, 4) is 0 Å². The van der Waals surface area contributed by atoms with E-state index in [1.807, 2.05) is 0 Å². The van der Waals surface area contributed by atoms with Gasteiger partial charge in [-0.25, -0.2) is 8.42 Å². The summed E-state index contributed by atoms with van der Waals surface area (Å²) in [4.78, 5) is 12.4. The first-order chi connectivity index (χ1) is 11.9. The van der Waals surface area contributed by atoms with Gasteiger partial charge in [-0.1, -0.05) is 5.16 Å². The summed E-state index contributed by atoms with van der Waals surface area (Å²) in [5, 5.41) is 6.54. The number of hydrogen-bond acceptors (Lipinski definition) is 6. The molecule has 0 atom stereocenters. The fourth-order valence-electron chi connectivity index (χ4n) is 3.06. The predicted octanol–water partition coefficient (Wildman–Crippen LogP) is 1.60. The molecule has 1 saturated heterocycles. The molecule has 0 unspecified atom stereocenters. The predicted molar refractivity (Wildman–Crippen MR) is 88.0 cm³/mol. The monoisotopic (exact) mass is 367 g/mol. The summed E-state index contributed by atoms with van der Waals surface area (Å²) in [5.74, 6) is 0.694. The summed E-state index contributed by atoms with van der Waals surface area (Å²) < 4.78 is 37.1. The smallest absolute Gasteiger partial charge is 0.248 e. The van der Waals surface area contributed by atoms with Crippen molar-refractivity contribution in [2.24, 2.45) is 5.92 Å². The van der Waals surface area contributed by atoms with E-state index in [1.54, 1.807) is 32.2 Å². The molecule has 0 radical (unpaired) electrons. The van der Waals surface area contributed by atoms with Crippen molar-refractivity contribution in [1.82, 2.24) is 14.8 Å². The maximum Gasteiger partial charge on any atom is 0.248 e. The fraction of sp³-hybridized carbons (Fsp3) is 0.500. The summed E-state index contributed by atoms with van der Waals surface area (Å²) >= 11 is 0. The van der Waals surface area contributed by atoms with E-state index >= 15 is 0 Å². The van der Waals surface area contributed by atoms with Crippen LogP contribution in [0.3, 0.4) is 0 Å². The zero-order valence-electron chi connectivity index (χ0n) is 14.2. The Morgan fingerprint density at radius 2 is 2.08 bits per heavy atom. The quantitative estimate of drug-likeness (QED) is 0.860. The molecule has 0 spiro atoms. The number of aryl methyl sites for hydroxylation is 2. The lowest BCUT2D eigenvalue weighted by Gasteiger charge is -2.30. The number of piperidine rings is 1. The zero-order chi connectivity index (χ0) is 18.0. The topological polar surface area (TPSA) is 106 Å². The minimum absolute atomic E-state index is 0.0780. The Bertz CT molecular complexity index is 814. The van der Waals surface area contributed by atoms with Crippen LogP contribution in [-0.2, 0) is 21.4 Å². The number of nitrogens with zero attached hydrogens (tertiary/aromatic N) is 2. The normalized spacial score (nSPS) is 16.9. The number of hydrogen-bond donors (Lipinski definition) is 1. The van der Waals surface area contributed by atoms with Gasteiger partial charge in [0.25, 0.3) is 0 Å². The lowest BCUT2D eigenvalue weighted by atomic mass is 9.97. The van der Waals surface area contributed by atoms with Crippen LogP contribution in [0.1, 0.15) is 30.1 Å². The second kappa shape index (κ2) is 7.01. The molecular formula is C16H21N3O5S. The Hall–Kier alpha value is -2.13. The lowest BCUT2D eigenvalue weighted by Crippen LogP contribution is -2.43. The van der Waals surface area contributed by atoms with E-state index in [2.05, 4.69) is 10.5 Å². The van der Waals surface area contributed by atoms with E-state index in [1.165, 1.54) is 4.31 Å². The third kappa shape index (κ3) is 3.62. The molecule has 25 heavy (non-hydrogen) atoms. The molecule has 2 aromatic rings. The summed E-state index contributed by atoms with van der Waals surface area (Å²) in [6.45, 7) is 4.12. The molecule has 0 aliphatic carbocycles. The average molecular weight is 367 g/mol.